The van der Waals surface area contributed by atoms with Crippen LogP contribution in [0.15, 0.2) is 0 Å². The topological polar surface area (TPSA) is 72.4 Å². The minimum absolute atomic E-state index is 0.144. The lowest BCUT2D eigenvalue weighted by Crippen LogP contribution is -2.33. The Bertz CT molecular complexity index is 355. The summed E-state index contributed by atoms with van der Waals surface area (Å²) in [4.78, 5) is 23.3. The van der Waals surface area contributed by atoms with E-state index in [9.17, 15) is 14.4 Å². The maximum absolute atomic E-state index is 11.7. The molecule has 1 unspecified atom stereocenters. The van der Waals surface area contributed by atoms with Gasteiger partial charge in [0.1, 0.15) is 0 Å². The minimum atomic E-state index is -4.71. The summed E-state index contributed by atoms with van der Waals surface area (Å²) in [6, 6.07) is 0. The van der Waals surface area contributed by atoms with Gasteiger partial charge in [0.2, 0.25) is 0 Å². The Morgan fingerprint density at radius 3 is 1.58 bits per heavy atom. The van der Waals surface area contributed by atoms with Gasteiger partial charge in [-0.15, -0.1) is 0 Å². The highest BCUT2D eigenvalue weighted by Crippen LogP contribution is 2.38. The molecule has 26 heavy (non-hydrogen) atoms. The lowest BCUT2D eigenvalue weighted by molar-refractivity contribution is -0.325. The monoisotopic (exact) mass is 390 g/mol. The van der Waals surface area contributed by atoms with Gasteiger partial charge >= 0.3 is 0 Å². The molecule has 0 bridgehead atoms. The largest absolute Gasteiger partial charge is 0.809 e. The van der Waals surface area contributed by atoms with Crippen LogP contribution < -0.4 is 9.79 Å². The van der Waals surface area contributed by atoms with Crippen molar-refractivity contribution in [2.24, 2.45) is 11.8 Å². The molecule has 0 N–H and O–H groups in total. The lowest BCUT2D eigenvalue weighted by atomic mass is 9.98. The van der Waals surface area contributed by atoms with Crippen LogP contribution >= 0.6 is 7.60 Å². The third-order valence-corrected chi connectivity index (χ3v) is 5.81. The zero-order valence-corrected chi connectivity index (χ0v) is 18.8. The zero-order valence-electron chi connectivity index (χ0n) is 17.9. The van der Waals surface area contributed by atoms with E-state index in [2.05, 4.69) is 34.6 Å². The number of hydrogen-bond acceptors (Lipinski definition) is 4. The van der Waals surface area contributed by atoms with Gasteiger partial charge in [-0.25, -0.2) is 0 Å². The standard InChI is InChI=1S/C21H45O4P/c1-6-7-8-9-10-11-12-13-14-15-21(26(22,23)24)25-20(16-18(2)3)17-19(4)5/h18-21H,6-17H2,1-5H3,(H2,22,23,24)/p-2. The summed E-state index contributed by atoms with van der Waals surface area (Å²) in [7, 11) is -4.71. The van der Waals surface area contributed by atoms with Crippen molar-refractivity contribution in [2.75, 3.05) is 0 Å². The van der Waals surface area contributed by atoms with Crippen molar-refractivity contribution in [2.45, 2.75) is 124 Å². The molecule has 0 aliphatic rings. The first-order chi connectivity index (χ1) is 12.2. The van der Waals surface area contributed by atoms with E-state index >= 15 is 0 Å². The molecule has 0 rings (SSSR count). The number of unbranched alkanes of at least 4 members (excludes halogenated alkanes) is 8. The molecule has 0 aliphatic carbocycles. The molecule has 0 amide bonds. The van der Waals surface area contributed by atoms with Crippen LogP contribution in [0.1, 0.15) is 112 Å². The molecule has 0 aliphatic heterocycles. The zero-order chi connectivity index (χ0) is 20.0. The Labute approximate surface area is 162 Å². The van der Waals surface area contributed by atoms with Gasteiger partial charge in [-0.2, -0.15) is 0 Å². The second-order valence-corrected chi connectivity index (χ2v) is 10.3. The van der Waals surface area contributed by atoms with E-state index in [1.807, 2.05) is 0 Å². The summed E-state index contributed by atoms with van der Waals surface area (Å²) in [6.45, 7) is 10.6. The van der Waals surface area contributed by atoms with Crippen molar-refractivity contribution < 1.29 is 19.1 Å². The smallest absolute Gasteiger partial charge is 0.0846 e. The van der Waals surface area contributed by atoms with Crippen LogP contribution in [0, 0.1) is 11.8 Å². The highest BCUT2D eigenvalue weighted by atomic mass is 31.2. The van der Waals surface area contributed by atoms with Crippen LogP contribution in [0.5, 0.6) is 0 Å². The molecule has 0 saturated carbocycles. The normalized spacial score (nSPS) is 13.9. The summed E-state index contributed by atoms with van der Waals surface area (Å²) in [5, 5.41) is 0. The van der Waals surface area contributed by atoms with Gasteiger partial charge in [0.05, 0.1) is 11.9 Å². The number of hydrogen-bond donors (Lipinski definition) is 0. The molecule has 0 saturated heterocycles. The fraction of sp³-hybridized carbons (Fsp3) is 1.00. The Balaban J connectivity index is 4.25. The quantitative estimate of drug-likeness (QED) is 0.238. The number of ether oxygens (including phenoxy) is 1. The lowest BCUT2D eigenvalue weighted by Gasteiger charge is -2.40. The molecule has 0 heterocycles. The highest BCUT2D eigenvalue weighted by Gasteiger charge is 2.21. The first-order valence-corrected chi connectivity index (χ1v) is 12.4. The maximum Gasteiger partial charge on any atom is 0.0846 e. The molecular formula is C21H43O4P-2. The summed E-state index contributed by atoms with van der Waals surface area (Å²) in [6.07, 6.45) is 12.3. The van der Waals surface area contributed by atoms with Gasteiger partial charge in [0.25, 0.3) is 0 Å². The minimum Gasteiger partial charge on any atom is -0.809 e. The van der Waals surface area contributed by atoms with Gasteiger partial charge in [0.15, 0.2) is 0 Å². The fourth-order valence-electron chi connectivity index (χ4n) is 3.41. The second kappa shape index (κ2) is 15.1. The van der Waals surface area contributed by atoms with E-state index in [-0.39, 0.29) is 6.10 Å². The van der Waals surface area contributed by atoms with E-state index in [1.54, 1.807) is 0 Å². The molecular weight excluding hydrogens is 347 g/mol. The van der Waals surface area contributed by atoms with Crippen LogP contribution in [0.3, 0.4) is 0 Å². The molecule has 0 aromatic carbocycles. The molecule has 0 fully saturated rings. The van der Waals surface area contributed by atoms with Crippen molar-refractivity contribution in [3.05, 3.63) is 0 Å². The Morgan fingerprint density at radius 2 is 1.19 bits per heavy atom. The van der Waals surface area contributed by atoms with Gasteiger partial charge in [-0.05, 0) is 38.7 Å². The van der Waals surface area contributed by atoms with Crippen molar-refractivity contribution >= 4 is 7.60 Å². The van der Waals surface area contributed by atoms with E-state index in [0.717, 1.165) is 32.1 Å². The van der Waals surface area contributed by atoms with Crippen molar-refractivity contribution in [1.82, 2.24) is 0 Å². The van der Waals surface area contributed by atoms with Gasteiger partial charge in [0, 0.05) is 0 Å². The van der Waals surface area contributed by atoms with Crippen LogP contribution in [-0.4, -0.2) is 11.9 Å². The maximum atomic E-state index is 11.7. The Kier molecular flexibility index (Phi) is 15.1. The first kappa shape index (κ1) is 26.1. The molecule has 5 heteroatoms. The van der Waals surface area contributed by atoms with Crippen LogP contribution in [0.2, 0.25) is 0 Å². The third kappa shape index (κ3) is 15.2. The predicted molar refractivity (Wildman–Crippen MR) is 107 cm³/mol. The van der Waals surface area contributed by atoms with Crippen LogP contribution in [0.4, 0.5) is 0 Å². The van der Waals surface area contributed by atoms with E-state index in [0.29, 0.717) is 18.3 Å². The molecule has 158 valence electrons. The fourth-order valence-corrected chi connectivity index (χ4v) is 4.23. The summed E-state index contributed by atoms with van der Waals surface area (Å²) >= 11 is 0. The second-order valence-electron chi connectivity index (χ2n) is 8.63. The molecule has 0 spiro atoms. The van der Waals surface area contributed by atoms with Crippen molar-refractivity contribution in [1.29, 1.82) is 0 Å². The average molecular weight is 391 g/mol. The Hall–Kier alpha value is 0.110. The SMILES string of the molecule is CCCCCCCCCCCC(OC(CC(C)C)CC(C)C)P(=O)([O-])[O-]. The van der Waals surface area contributed by atoms with E-state index in [1.165, 1.54) is 38.5 Å². The number of rotatable bonds is 17. The molecule has 0 radical (unpaired) electrons. The molecule has 0 aromatic rings. The molecule has 1 atom stereocenters. The Morgan fingerprint density at radius 1 is 0.769 bits per heavy atom. The summed E-state index contributed by atoms with van der Waals surface area (Å²) in [5.41, 5.74) is 0. The first-order valence-electron chi connectivity index (χ1n) is 10.8. The van der Waals surface area contributed by atoms with Crippen molar-refractivity contribution in [3.63, 3.8) is 0 Å². The van der Waals surface area contributed by atoms with Gasteiger partial charge in [-0.1, -0.05) is 92.4 Å². The van der Waals surface area contributed by atoms with Crippen LogP contribution in [-0.2, 0) is 9.30 Å². The molecule has 0 aromatic heterocycles. The summed E-state index contributed by atoms with van der Waals surface area (Å²) < 4.78 is 17.5. The third-order valence-electron chi connectivity index (χ3n) is 4.73. The summed E-state index contributed by atoms with van der Waals surface area (Å²) in [5.74, 6) is -0.316. The van der Waals surface area contributed by atoms with Crippen molar-refractivity contribution in [3.8, 4) is 0 Å². The van der Waals surface area contributed by atoms with E-state index < -0.39 is 13.4 Å². The predicted octanol–water partition coefficient (Wildman–Crippen LogP) is 5.62. The van der Waals surface area contributed by atoms with Gasteiger partial charge in [-0.3, -0.25) is 0 Å². The van der Waals surface area contributed by atoms with Gasteiger partial charge < -0.3 is 19.1 Å². The average Bonchev–Trinajstić information content (AvgIpc) is 2.49. The van der Waals surface area contributed by atoms with Crippen LogP contribution in [0.25, 0.3) is 0 Å². The highest BCUT2D eigenvalue weighted by molar-refractivity contribution is 7.49. The molecule has 4 nitrogen and oxygen atoms in total. The van der Waals surface area contributed by atoms with E-state index in [4.69, 9.17) is 4.74 Å².